The van der Waals surface area contributed by atoms with Crippen LogP contribution in [0.25, 0.3) is 0 Å². The number of β-amino-alcohol motifs (C(OH)–C–C–N with tert-alkyl or cyclic N) is 1. The standard InChI is InChI=1S/C22H28N2O3/c1-14-9-23-18(15(2)21(14)27-3)10-24-11-19(26)22(13-24)17(12-25)20(22)16-7-5-4-6-8-16/h4-9,17,19-20,25-26H,10-13H2,1-3H3/t17-,19+,20-,22-/m1/s1. The first-order valence-corrected chi connectivity index (χ1v) is 9.58. The van der Waals surface area contributed by atoms with Crippen molar-refractivity contribution in [3.63, 3.8) is 0 Å². The third kappa shape index (κ3) is 2.85. The monoisotopic (exact) mass is 368 g/mol. The van der Waals surface area contributed by atoms with E-state index in [0.717, 1.165) is 29.1 Å². The Kier molecular flexibility index (Phi) is 4.70. The van der Waals surface area contributed by atoms with Gasteiger partial charge in [0, 0.05) is 49.0 Å². The number of aromatic nitrogens is 1. The maximum atomic E-state index is 10.9. The minimum atomic E-state index is -0.437. The van der Waals surface area contributed by atoms with Gasteiger partial charge in [-0.3, -0.25) is 9.88 Å². The molecular weight excluding hydrogens is 340 g/mol. The third-order valence-corrected chi connectivity index (χ3v) is 6.59. The van der Waals surface area contributed by atoms with Crippen LogP contribution < -0.4 is 4.74 Å². The van der Waals surface area contributed by atoms with Gasteiger partial charge in [0.25, 0.3) is 0 Å². The summed E-state index contributed by atoms with van der Waals surface area (Å²) in [5.41, 5.74) is 4.03. The summed E-state index contributed by atoms with van der Waals surface area (Å²) in [4.78, 5) is 6.87. The lowest BCUT2D eigenvalue weighted by Gasteiger charge is -2.19. The molecule has 2 heterocycles. The van der Waals surface area contributed by atoms with Crippen LogP contribution in [0.15, 0.2) is 36.5 Å². The Hall–Kier alpha value is -1.95. The fourth-order valence-corrected chi connectivity index (χ4v) is 5.22. The minimum absolute atomic E-state index is 0.111. The van der Waals surface area contributed by atoms with Crippen LogP contribution in [0.3, 0.4) is 0 Å². The Morgan fingerprint density at radius 3 is 2.67 bits per heavy atom. The number of aliphatic hydroxyl groups excluding tert-OH is 2. The van der Waals surface area contributed by atoms with Crippen LogP contribution >= 0.6 is 0 Å². The summed E-state index contributed by atoms with van der Waals surface area (Å²) >= 11 is 0. The number of pyridine rings is 1. The summed E-state index contributed by atoms with van der Waals surface area (Å²) in [5, 5.41) is 20.9. The van der Waals surface area contributed by atoms with Gasteiger partial charge in [-0.15, -0.1) is 0 Å². The van der Waals surface area contributed by atoms with Crippen molar-refractivity contribution in [2.75, 3.05) is 26.8 Å². The van der Waals surface area contributed by atoms with E-state index >= 15 is 0 Å². The van der Waals surface area contributed by atoms with E-state index in [9.17, 15) is 10.2 Å². The van der Waals surface area contributed by atoms with Crippen molar-refractivity contribution < 1.29 is 14.9 Å². The summed E-state index contributed by atoms with van der Waals surface area (Å²) in [6, 6.07) is 10.3. The van der Waals surface area contributed by atoms with E-state index in [1.165, 1.54) is 5.56 Å². The molecule has 1 saturated heterocycles. The fourth-order valence-electron chi connectivity index (χ4n) is 5.22. The van der Waals surface area contributed by atoms with Crippen molar-refractivity contribution in [3.05, 3.63) is 58.9 Å². The molecule has 1 aromatic heterocycles. The second-order valence-corrected chi connectivity index (χ2v) is 8.02. The first-order chi connectivity index (χ1) is 13.0. The molecule has 0 bridgehead atoms. The largest absolute Gasteiger partial charge is 0.496 e. The van der Waals surface area contributed by atoms with Gasteiger partial charge in [-0.25, -0.2) is 0 Å². The number of likely N-dealkylation sites (tertiary alicyclic amines) is 1. The second kappa shape index (κ2) is 6.89. The van der Waals surface area contributed by atoms with Crippen LogP contribution in [-0.4, -0.2) is 53.0 Å². The molecule has 27 heavy (non-hydrogen) atoms. The summed E-state index contributed by atoms with van der Waals surface area (Å²) in [5.74, 6) is 1.21. The van der Waals surface area contributed by atoms with Gasteiger partial charge in [-0.05, 0) is 31.2 Å². The van der Waals surface area contributed by atoms with E-state index in [1.54, 1.807) is 7.11 Å². The fraction of sp³-hybridized carbons (Fsp3) is 0.500. The Labute approximate surface area is 160 Å². The highest BCUT2D eigenvalue weighted by molar-refractivity contribution is 5.41. The lowest BCUT2D eigenvalue weighted by atomic mass is 9.95. The van der Waals surface area contributed by atoms with Crippen molar-refractivity contribution in [2.45, 2.75) is 32.4 Å². The predicted octanol–water partition coefficient (Wildman–Crippen LogP) is 2.28. The summed E-state index contributed by atoms with van der Waals surface area (Å²) in [7, 11) is 1.69. The number of rotatable bonds is 5. The maximum Gasteiger partial charge on any atom is 0.128 e. The highest BCUT2D eigenvalue weighted by atomic mass is 16.5. The molecule has 5 heteroatoms. The quantitative estimate of drug-likeness (QED) is 0.848. The highest BCUT2D eigenvalue weighted by Gasteiger charge is 2.70. The van der Waals surface area contributed by atoms with Gasteiger partial charge in [-0.2, -0.15) is 0 Å². The van der Waals surface area contributed by atoms with Crippen LogP contribution in [0, 0.1) is 25.2 Å². The van der Waals surface area contributed by atoms with Gasteiger partial charge in [0.1, 0.15) is 5.75 Å². The van der Waals surface area contributed by atoms with E-state index in [0.29, 0.717) is 13.1 Å². The van der Waals surface area contributed by atoms with E-state index in [1.807, 2.05) is 38.2 Å². The average Bonchev–Trinajstić information content (AvgIpc) is 3.21. The van der Waals surface area contributed by atoms with E-state index in [4.69, 9.17) is 4.74 Å². The summed E-state index contributed by atoms with van der Waals surface area (Å²) < 4.78 is 5.52. The number of hydrogen-bond donors (Lipinski definition) is 2. The zero-order valence-corrected chi connectivity index (χ0v) is 16.2. The Morgan fingerprint density at radius 1 is 1.26 bits per heavy atom. The van der Waals surface area contributed by atoms with E-state index in [-0.39, 0.29) is 23.9 Å². The predicted molar refractivity (Wildman–Crippen MR) is 104 cm³/mol. The van der Waals surface area contributed by atoms with Crippen LogP contribution in [0.5, 0.6) is 5.75 Å². The highest BCUT2D eigenvalue weighted by Crippen LogP contribution is 2.68. The molecule has 4 rings (SSSR count). The van der Waals surface area contributed by atoms with E-state index in [2.05, 4.69) is 22.0 Å². The lowest BCUT2D eigenvalue weighted by molar-refractivity contribution is 0.111. The lowest BCUT2D eigenvalue weighted by Crippen LogP contribution is -2.23. The number of aryl methyl sites for hydroxylation is 1. The van der Waals surface area contributed by atoms with Crippen LogP contribution in [0.1, 0.15) is 28.3 Å². The first-order valence-electron chi connectivity index (χ1n) is 9.58. The van der Waals surface area contributed by atoms with Gasteiger partial charge in [0.2, 0.25) is 0 Å². The molecule has 0 amide bonds. The Balaban J connectivity index is 1.56. The van der Waals surface area contributed by atoms with Gasteiger partial charge in [0.05, 0.1) is 18.9 Å². The summed E-state index contributed by atoms with van der Waals surface area (Å²) in [6.07, 6.45) is 1.41. The summed E-state index contributed by atoms with van der Waals surface area (Å²) in [6.45, 7) is 6.21. The molecule has 1 aliphatic heterocycles. The molecule has 144 valence electrons. The number of nitrogens with zero attached hydrogens (tertiary/aromatic N) is 2. The van der Waals surface area contributed by atoms with Crippen LogP contribution in [0.4, 0.5) is 0 Å². The van der Waals surface area contributed by atoms with Crippen molar-refractivity contribution in [1.29, 1.82) is 0 Å². The zero-order chi connectivity index (χ0) is 19.2. The Morgan fingerprint density at radius 2 is 2.00 bits per heavy atom. The number of benzene rings is 1. The number of methoxy groups -OCH3 is 1. The molecule has 2 aromatic rings. The van der Waals surface area contributed by atoms with E-state index < -0.39 is 6.10 Å². The topological polar surface area (TPSA) is 65.8 Å². The molecule has 1 aromatic carbocycles. The molecule has 1 saturated carbocycles. The van der Waals surface area contributed by atoms with Crippen molar-refractivity contribution >= 4 is 0 Å². The molecule has 0 unspecified atom stereocenters. The molecule has 5 nitrogen and oxygen atoms in total. The normalized spacial score (nSPS) is 30.0. The minimum Gasteiger partial charge on any atom is -0.496 e. The molecule has 1 spiro atoms. The molecule has 2 aliphatic rings. The molecule has 0 radical (unpaired) electrons. The van der Waals surface area contributed by atoms with Gasteiger partial charge in [0.15, 0.2) is 0 Å². The first kappa shape index (κ1) is 18.4. The smallest absolute Gasteiger partial charge is 0.128 e. The second-order valence-electron chi connectivity index (χ2n) is 8.02. The Bertz CT molecular complexity index is 826. The molecular formula is C22H28N2O3. The average molecular weight is 368 g/mol. The molecule has 2 N–H and O–H groups in total. The molecule has 1 aliphatic carbocycles. The number of aliphatic hydroxyl groups is 2. The number of ether oxygens (including phenoxy) is 1. The van der Waals surface area contributed by atoms with Crippen molar-refractivity contribution in [3.8, 4) is 5.75 Å². The molecule has 2 fully saturated rings. The number of hydrogen-bond acceptors (Lipinski definition) is 5. The third-order valence-electron chi connectivity index (χ3n) is 6.59. The van der Waals surface area contributed by atoms with Crippen LogP contribution in [0.2, 0.25) is 0 Å². The maximum absolute atomic E-state index is 10.9. The SMILES string of the molecule is COc1c(C)cnc(CN2C[C@H](O)[C@@]3(C2)[C@H](CO)[C@H]3c2ccccc2)c1C. The van der Waals surface area contributed by atoms with Crippen LogP contribution in [-0.2, 0) is 6.54 Å². The zero-order valence-electron chi connectivity index (χ0n) is 16.2. The van der Waals surface area contributed by atoms with Crippen molar-refractivity contribution in [2.24, 2.45) is 11.3 Å². The van der Waals surface area contributed by atoms with Gasteiger partial charge < -0.3 is 14.9 Å². The molecule has 4 atom stereocenters. The van der Waals surface area contributed by atoms with Crippen molar-refractivity contribution in [1.82, 2.24) is 9.88 Å². The van der Waals surface area contributed by atoms with Gasteiger partial charge >= 0.3 is 0 Å². The van der Waals surface area contributed by atoms with Gasteiger partial charge in [-0.1, -0.05) is 30.3 Å².